The van der Waals surface area contributed by atoms with Crippen LogP contribution >= 0.6 is 17.5 Å². The van der Waals surface area contributed by atoms with Crippen LogP contribution in [0.2, 0.25) is 0 Å². The van der Waals surface area contributed by atoms with Crippen LogP contribution < -0.4 is 10.6 Å². The minimum Gasteiger partial charge on any atom is -0.166 e. The van der Waals surface area contributed by atoms with Gasteiger partial charge in [-0.3, -0.25) is 0 Å². The molecule has 0 unspecified atom stereocenters. The molecule has 0 heterocycles. The van der Waals surface area contributed by atoms with E-state index in [0.717, 1.165) is 0 Å². The Hall–Kier alpha value is -1.40. The second-order valence-corrected chi connectivity index (χ2v) is 12.5. The van der Waals surface area contributed by atoms with Gasteiger partial charge in [-0.15, -0.1) is 12.2 Å². The van der Waals surface area contributed by atoms with Crippen LogP contribution in [0.15, 0.2) is 36.4 Å². The number of rotatable bonds is 2. The van der Waals surface area contributed by atoms with Crippen LogP contribution in [0.1, 0.15) is 22.3 Å². The van der Waals surface area contributed by atoms with Crippen molar-refractivity contribution in [1.82, 2.24) is 0 Å². The molecule has 0 aliphatic rings. The monoisotopic (exact) mass is 522 g/mol. The molecule has 0 aromatic heterocycles. The Balaban J connectivity index is 2.85. The maximum atomic E-state index is 13.1. The molecule has 0 N–H and O–H groups in total. The van der Waals surface area contributed by atoms with Gasteiger partial charge in [0.1, 0.15) is 0 Å². The van der Waals surface area contributed by atoms with E-state index in [1.807, 2.05) is 0 Å². The first-order chi connectivity index (χ1) is 13.6. The van der Waals surface area contributed by atoms with Crippen LogP contribution in [0.25, 0.3) is 0 Å². The summed E-state index contributed by atoms with van der Waals surface area (Å²) in [5, 5.41) is -6.20. The summed E-state index contributed by atoms with van der Waals surface area (Å²) < 4.78 is 157. The first kappa shape index (κ1) is 25.9. The third-order valence-electron chi connectivity index (χ3n) is 3.84. The minimum absolute atomic E-state index is 0.135. The number of hydrogen-bond acceptors (Lipinski definition) is 1. The first-order valence-electron chi connectivity index (χ1n) is 7.56. The molecule has 0 saturated heterocycles. The SMILES string of the molecule is FC(F)(F)c1cc(C(F)(F)F)cc(P(=S)(S)c2cc(C(F)(F)F)cc(C(F)(F)F)c2)c1. The highest BCUT2D eigenvalue weighted by Gasteiger charge is 2.40. The zero-order valence-corrected chi connectivity index (χ0v) is 16.9. The summed E-state index contributed by atoms with van der Waals surface area (Å²) in [4.78, 5) is 0. The first-order valence-corrected chi connectivity index (χ1v) is 11.5. The third-order valence-corrected chi connectivity index (χ3v) is 8.41. The predicted octanol–water partition coefficient (Wildman–Crippen LogP) is 7.04. The molecule has 31 heavy (non-hydrogen) atoms. The van der Waals surface area contributed by atoms with Crippen LogP contribution in [0, 0.1) is 0 Å². The van der Waals surface area contributed by atoms with E-state index in [4.69, 9.17) is 11.8 Å². The number of benzene rings is 2. The van der Waals surface area contributed by atoms with Gasteiger partial charge in [-0.25, -0.2) is 0 Å². The van der Waals surface area contributed by atoms with Crippen LogP contribution in [-0.4, -0.2) is 0 Å². The van der Waals surface area contributed by atoms with Crippen molar-refractivity contribution in [3.05, 3.63) is 58.7 Å². The number of thiol groups is 1. The van der Waals surface area contributed by atoms with E-state index in [9.17, 15) is 52.7 Å². The number of halogens is 12. The Bertz CT molecular complexity index is 887. The summed E-state index contributed by atoms with van der Waals surface area (Å²) in [5.74, 6) is 0. The Morgan fingerprint density at radius 2 is 0.677 bits per heavy atom. The van der Waals surface area contributed by atoms with Crippen LogP contribution in [-0.2, 0) is 36.5 Å². The van der Waals surface area contributed by atoms with Crippen molar-refractivity contribution in [2.24, 2.45) is 0 Å². The third kappa shape index (κ3) is 5.89. The summed E-state index contributed by atoms with van der Waals surface area (Å²) >= 11 is 8.71. The van der Waals surface area contributed by atoms with Gasteiger partial charge in [-0.2, -0.15) is 52.7 Å². The van der Waals surface area contributed by atoms with Crippen molar-refractivity contribution in [3.8, 4) is 0 Å². The van der Waals surface area contributed by atoms with Gasteiger partial charge < -0.3 is 0 Å². The maximum absolute atomic E-state index is 13.1. The fraction of sp³-hybridized carbons (Fsp3) is 0.250. The molecule has 0 spiro atoms. The summed E-state index contributed by atoms with van der Waals surface area (Å²) in [7, 11) is 0. The Morgan fingerprint density at radius 3 is 0.839 bits per heavy atom. The average molecular weight is 522 g/mol. The highest BCUT2D eigenvalue weighted by Crippen LogP contribution is 2.51. The molecule has 0 saturated carbocycles. The van der Waals surface area contributed by atoms with Gasteiger partial charge in [-0.05, 0) is 47.0 Å². The van der Waals surface area contributed by atoms with Gasteiger partial charge >= 0.3 is 24.7 Å². The molecule has 0 aliphatic heterocycles. The van der Waals surface area contributed by atoms with E-state index in [1.54, 1.807) is 0 Å². The van der Waals surface area contributed by atoms with Crippen molar-refractivity contribution < 1.29 is 52.7 Å². The van der Waals surface area contributed by atoms with Gasteiger partial charge in [-0.1, -0.05) is 11.8 Å². The van der Waals surface area contributed by atoms with Gasteiger partial charge in [0.15, 0.2) is 0 Å². The van der Waals surface area contributed by atoms with E-state index in [1.165, 1.54) is 0 Å². The molecule has 0 bridgehead atoms. The molecule has 2 aromatic carbocycles. The van der Waals surface area contributed by atoms with E-state index >= 15 is 0 Å². The van der Waals surface area contributed by atoms with Gasteiger partial charge in [0.2, 0.25) is 0 Å². The van der Waals surface area contributed by atoms with Gasteiger partial charge in [0, 0.05) is 0 Å². The van der Waals surface area contributed by atoms with Crippen LogP contribution in [0.3, 0.4) is 0 Å². The molecule has 172 valence electrons. The molecule has 15 heteroatoms. The summed E-state index contributed by atoms with van der Waals surface area (Å²) in [6.45, 7) is 0. The Kier molecular flexibility index (Phi) is 6.57. The molecule has 0 radical (unpaired) electrons. The molecule has 0 amide bonds. The molecular weight excluding hydrogens is 515 g/mol. The fourth-order valence-corrected chi connectivity index (χ4v) is 5.26. The number of hydrogen-bond donors (Lipinski definition) is 1. The normalized spacial score (nSPS) is 14.1. The van der Waals surface area contributed by atoms with E-state index in [0.29, 0.717) is 0 Å². The molecule has 0 fully saturated rings. The molecule has 2 aromatic rings. The number of alkyl halides is 12. The van der Waals surface area contributed by atoms with E-state index in [2.05, 4.69) is 12.2 Å². The summed E-state index contributed by atoms with van der Waals surface area (Å²) in [6.07, 6.45) is -21.2. The Labute approximate surface area is 176 Å². The van der Waals surface area contributed by atoms with Crippen LogP contribution in [0.5, 0.6) is 0 Å². The highest BCUT2D eigenvalue weighted by molar-refractivity contribution is 8.68. The standard InChI is InChI=1S/C16H7F12PS2/c17-13(18,19)7-1-8(14(20,21)22)4-11(3-7)29(30,31)12-5-9(15(23,24)25)2-10(6-12)16(26,27)28/h1-6H,(H,30,31). The second-order valence-electron chi connectivity index (χ2n) is 6.10. The Morgan fingerprint density at radius 1 is 0.484 bits per heavy atom. The zero-order valence-electron chi connectivity index (χ0n) is 14.3. The maximum Gasteiger partial charge on any atom is 0.416 e. The van der Waals surface area contributed by atoms with Crippen molar-refractivity contribution in [3.63, 3.8) is 0 Å². The fourth-order valence-electron chi connectivity index (χ4n) is 2.38. The lowest BCUT2D eigenvalue weighted by atomic mass is 10.1. The predicted molar refractivity (Wildman–Crippen MR) is 95.4 cm³/mol. The minimum atomic E-state index is -5.30. The van der Waals surface area contributed by atoms with Crippen molar-refractivity contribution >= 4 is 39.9 Å². The topological polar surface area (TPSA) is 0 Å². The molecule has 0 nitrogen and oxygen atoms in total. The van der Waals surface area contributed by atoms with Gasteiger partial charge in [0.25, 0.3) is 0 Å². The van der Waals surface area contributed by atoms with Crippen LogP contribution in [0.4, 0.5) is 52.7 Å². The summed E-state index contributed by atoms with van der Waals surface area (Å²) in [6, 6.07) is 0.0416. The van der Waals surface area contributed by atoms with Gasteiger partial charge in [0.05, 0.1) is 27.5 Å². The lowest BCUT2D eigenvalue weighted by Gasteiger charge is -2.23. The largest absolute Gasteiger partial charge is 0.416 e. The van der Waals surface area contributed by atoms with E-state index in [-0.39, 0.29) is 36.4 Å². The van der Waals surface area contributed by atoms with Crippen molar-refractivity contribution in [2.75, 3.05) is 0 Å². The van der Waals surface area contributed by atoms with Crippen molar-refractivity contribution in [2.45, 2.75) is 24.7 Å². The molecule has 0 aliphatic carbocycles. The molecular formula is C16H7F12PS2. The van der Waals surface area contributed by atoms with Crippen molar-refractivity contribution in [1.29, 1.82) is 0 Å². The molecule has 0 atom stereocenters. The second kappa shape index (κ2) is 7.87. The highest BCUT2D eigenvalue weighted by atomic mass is 32.9. The summed E-state index contributed by atoms with van der Waals surface area (Å²) in [5.41, 5.74) is -7.32. The lowest BCUT2D eigenvalue weighted by molar-refractivity contribution is -0.144. The molecule has 2 rings (SSSR count). The lowest BCUT2D eigenvalue weighted by Crippen LogP contribution is -2.22. The van der Waals surface area contributed by atoms with E-state index < -0.39 is 62.8 Å². The average Bonchev–Trinajstić information content (AvgIpc) is 2.58. The zero-order chi connectivity index (χ0) is 24.2. The smallest absolute Gasteiger partial charge is 0.166 e. The quantitative estimate of drug-likeness (QED) is 0.251.